The van der Waals surface area contributed by atoms with E-state index in [1.807, 2.05) is 30.3 Å². The lowest BCUT2D eigenvalue weighted by Crippen LogP contribution is -2.27. The van der Waals surface area contributed by atoms with Gasteiger partial charge in [-0.3, -0.25) is 9.78 Å². The van der Waals surface area contributed by atoms with E-state index in [0.29, 0.717) is 18.7 Å². The number of carbonyl (C=O) groups excluding carboxylic acids is 1. The lowest BCUT2D eigenvalue weighted by Gasteiger charge is -2.06. The number of rotatable bonds is 7. The summed E-state index contributed by atoms with van der Waals surface area (Å²) in [6, 6.07) is 13.1. The molecular formula is C18H18N4O2. The maximum atomic E-state index is 12.0. The minimum absolute atomic E-state index is 0.00795. The van der Waals surface area contributed by atoms with Crippen molar-refractivity contribution in [3.8, 4) is 11.8 Å². The molecule has 0 atom stereocenters. The molecule has 1 amide bonds. The Morgan fingerprint density at radius 1 is 1.33 bits per heavy atom. The fourth-order valence-electron chi connectivity index (χ4n) is 1.96. The summed E-state index contributed by atoms with van der Waals surface area (Å²) in [7, 11) is 1.62. The van der Waals surface area contributed by atoms with Gasteiger partial charge >= 0.3 is 0 Å². The molecule has 0 spiro atoms. The molecule has 0 aliphatic heterocycles. The van der Waals surface area contributed by atoms with Crippen LogP contribution in [0.1, 0.15) is 5.56 Å². The Balaban J connectivity index is 1.84. The number of nitrogens with zero attached hydrogens (tertiary/aromatic N) is 2. The molecule has 6 nitrogen and oxygen atoms in total. The third-order valence-corrected chi connectivity index (χ3v) is 3.27. The largest absolute Gasteiger partial charge is 0.497 e. The fraction of sp³-hybridized carbons (Fsp3) is 0.167. The predicted octanol–water partition coefficient (Wildman–Crippen LogP) is 2.27. The topological polar surface area (TPSA) is 87.0 Å². The average Bonchev–Trinajstić information content (AvgIpc) is 2.63. The second kappa shape index (κ2) is 8.96. The minimum Gasteiger partial charge on any atom is -0.497 e. The van der Waals surface area contributed by atoms with Crippen molar-refractivity contribution in [2.45, 2.75) is 6.42 Å². The summed E-state index contributed by atoms with van der Waals surface area (Å²) >= 11 is 0. The van der Waals surface area contributed by atoms with Crippen molar-refractivity contribution in [2.24, 2.45) is 0 Å². The van der Waals surface area contributed by atoms with Gasteiger partial charge in [0.1, 0.15) is 17.4 Å². The number of aromatic nitrogens is 1. The number of anilines is 1. The molecule has 0 bridgehead atoms. The van der Waals surface area contributed by atoms with E-state index in [1.165, 1.54) is 6.20 Å². The van der Waals surface area contributed by atoms with Gasteiger partial charge in [0.25, 0.3) is 5.91 Å². The number of methoxy groups -OCH3 is 1. The molecule has 0 unspecified atom stereocenters. The van der Waals surface area contributed by atoms with Crippen LogP contribution in [0.2, 0.25) is 0 Å². The summed E-state index contributed by atoms with van der Waals surface area (Å²) in [4.78, 5) is 16.0. The number of ether oxygens (including phenoxy) is 1. The number of pyridine rings is 1. The van der Waals surface area contributed by atoms with Gasteiger partial charge in [0.2, 0.25) is 0 Å². The zero-order valence-corrected chi connectivity index (χ0v) is 13.3. The van der Waals surface area contributed by atoms with Gasteiger partial charge in [-0.2, -0.15) is 5.26 Å². The highest BCUT2D eigenvalue weighted by molar-refractivity contribution is 5.97. The van der Waals surface area contributed by atoms with Crippen molar-refractivity contribution in [1.29, 1.82) is 5.26 Å². The molecule has 0 fully saturated rings. The number of benzene rings is 1. The SMILES string of the molecule is COc1ccc(CCNC(=O)/C(C#N)=C\Nc2cccnc2)cc1. The first-order valence-electron chi connectivity index (χ1n) is 7.41. The maximum Gasteiger partial charge on any atom is 0.263 e. The van der Waals surface area contributed by atoms with E-state index < -0.39 is 5.91 Å². The summed E-state index contributed by atoms with van der Waals surface area (Å²) in [5.74, 6) is 0.376. The van der Waals surface area contributed by atoms with Crippen LogP contribution in [0.15, 0.2) is 60.6 Å². The zero-order chi connectivity index (χ0) is 17.2. The summed E-state index contributed by atoms with van der Waals surface area (Å²) in [5.41, 5.74) is 1.79. The number of nitrogens with one attached hydrogen (secondary N) is 2. The van der Waals surface area contributed by atoms with E-state index in [-0.39, 0.29) is 5.57 Å². The minimum atomic E-state index is -0.414. The summed E-state index contributed by atoms with van der Waals surface area (Å²) in [5, 5.41) is 14.7. The summed E-state index contributed by atoms with van der Waals surface area (Å²) in [6.45, 7) is 0.442. The van der Waals surface area contributed by atoms with Crippen molar-refractivity contribution in [3.05, 3.63) is 66.1 Å². The van der Waals surface area contributed by atoms with Gasteiger partial charge in [-0.25, -0.2) is 0 Å². The smallest absolute Gasteiger partial charge is 0.263 e. The first-order chi connectivity index (χ1) is 11.7. The molecule has 24 heavy (non-hydrogen) atoms. The van der Waals surface area contributed by atoms with E-state index in [0.717, 1.165) is 11.3 Å². The number of hydrogen-bond donors (Lipinski definition) is 2. The van der Waals surface area contributed by atoms with E-state index in [1.54, 1.807) is 31.6 Å². The number of amides is 1. The van der Waals surface area contributed by atoms with E-state index >= 15 is 0 Å². The van der Waals surface area contributed by atoms with E-state index in [9.17, 15) is 4.79 Å². The van der Waals surface area contributed by atoms with E-state index in [2.05, 4.69) is 15.6 Å². The third-order valence-electron chi connectivity index (χ3n) is 3.27. The lowest BCUT2D eigenvalue weighted by molar-refractivity contribution is -0.117. The van der Waals surface area contributed by atoms with Crippen molar-refractivity contribution in [2.75, 3.05) is 19.0 Å². The van der Waals surface area contributed by atoms with Gasteiger partial charge in [0, 0.05) is 18.9 Å². The monoisotopic (exact) mass is 322 g/mol. The molecule has 0 saturated carbocycles. The molecule has 0 aliphatic rings. The van der Waals surface area contributed by atoms with Crippen molar-refractivity contribution < 1.29 is 9.53 Å². The molecule has 122 valence electrons. The van der Waals surface area contributed by atoms with Gasteiger partial charge in [-0.1, -0.05) is 12.1 Å². The van der Waals surface area contributed by atoms with Crippen molar-refractivity contribution in [3.63, 3.8) is 0 Å². The van der Waals surface area contributed by atoms with Gasteiger partial charge in [0.05, 0.1) is 19.0 Å². The predicted molar refractivity (Wildman–Crippen MR) is 91.3 cm³/mol. The van der Waals surface area contributed by atoms with E-state index in [4.69, 9.17) is 10.00 Å². The lowest BCUT2D eigenvalue weighted by atomic mass is 10.1. The third kappa shape index (κ3) is 5.14. The van der Waals surface area contributed by atoms with Gasteiger partial charge in [0.15, 0.2) is 0 Å². The first kappa shape index (κ1) is 17.0. The molecule has 2 rings (SSSR count). The Labute approximate surface area is 140 Å². The summed E-state index contributed by atoms with van der Waals surface area (Å²) in [6.07, 6.45) is 5.29. The van der Waals surface area contributed by atoms with Crippen LogP contribution in [0.25, 0.3) is 0 Å². The Morgan fingerprint density at radius 2 is 2.12 bits per heavy atom. The Kier molecular flexibility index (Phi) is 6.35. The molecule has 2 N–H and O–H groups in total. The molecule has 6 heteroatoms. The maximum absolute atomic E-state index is 12.0. The summed E-state index contributed by atoms with van der Waals surface area (Å²) < 4.78 is 5.10. The van der Waals surface area contributed by atoms with Crippen LogP contribution in [-0.4, -0.2) is 24.5 Å². The highest BCUT2D eigenvalue weighted by atomic mass is 16.5. The number of hydrogen-bond acceptors (Lipinski definition) is 5. The van der Waals surface area contributed by atoms with Crippen LogP contribution in [0.3, 0.4) is 0 Å². The molecule has 1 aromatic heterocycles. The quantitative estimate of drug-likeness (QED) is 0.603. The standard InChI is InChI=1S/C18H18N4O2/c1-24-17-6-4-14(5-7-17)8-10-21-18(23)15(11-19)12-22-16-3-2-9-20-13-16/h2-7,9,12-13,22H,8,10H2,1H3,(H,21,23)/b15-12-. The number of nitriles is 1. The second-order valence-electron chi connectivity index (χ2n) is 4.91. The average molecular weight is 322 g/mol. The van der Waals surface area contributed by atoms with Gasteiger partial charge in [-0.15, -0.1) is 0 Å². The van der Waals surface area contributed by atoms with Crippen LogP contribution in [0, 0.1) is 11.3 Å². The molecule has 0 aliphatic carbocycles. The number of carbonyl (C=O) groups is 1. The highest BCUT2D eigenvalue weighted by Gasteiger charge is 2.08. The van der Waals surface area contributed by atoms with Crippen LogP contribution in [0.4, 0.5) is 5.69 Å². The van der Waals surface area contributed by atoms with Gasteiger partial charge < -0.3 is 15.4 Å². The van der Waals surface area contributed by atoms with Gasteiger partial charge in [-0.05, 0) is 36.2 Å². The molecule has 0 radical (unpaired) electrons. The molecule has 1 aromatic carbocycles. The Hall–Kier alpha value is -3.33. The van der Waals surface area contributed by atoms with Crippen LogP contribution >= 0.6 is 0 Å². The Morgan fingerprint density at radius 3 is 2.75 bits per heavy atom. The first-order valence-corrected chi connectivity index (χ1v) is 7.41. The highest BCUT2D eigenvalue weighted by Crippen LogP contribution is 2.11. The van der Waals surface area contributed by atoms with Crippen LogP contribution in [-0.2, 0) is 11.2 Å². The molecule has 1 heterocycles. The second-order valence-corrected chi connectivity index (χ2v) is 4.91. The van der Waals surface area contributed by atoms with Crippen LogP contribution in [0.5, 0.6) is 5.75 Å². The molecule has 2 aromatic rings. The van der Waals surface area contributed by atoms with Crippen molar-refractivity contribution >= 4 is 11.6 Å². The normalized spacial score (nSPS) is 10.6. The van der Waals surface area contributed by atoms with Crippen molar-refractivity contribution in [1.82, 2.24) is 10.3 Å². The van der Waals surface area contributed by atoms with Crippen LogP contribution < -0.4 is 15.4 Å². The molecular weight excluding hydrogens is 304 g/mol. The zero-order valence-electron chi connectivity index (χ0n) is 13.3. The fourth-order valence-corrected chi connectivity index (χ4v) is 1.96. The Bertz CT molecular complexity index is 734. The molecule has 0 saturated heterocycles.